The van der Waals surface area contributed by atoms with Crippen molar-refractivity contribution in [1.29, 1.82) is 0 Å². The van der Waals surface area contributed by atoms with Crippen molar-refractivity contribution in [3.63, 3.8) is 0 Å². The summed E-state index contributed by atoms with van der Waals surface area (Å²) in [7, 11) is 0. The number of aromatic amines is 1. The van der Waals surface area contributed by atoms with Gasteiger partial charge in [-0.2, -0.15) is 0 Å². The van der Waals surface area contributed by atoms with Gasteiger partial charge in [-0.1, -0.05) is 50.6 Å². The number of aliphatic carboxylic acids is 1. The molecule has 20 heteroatoms. The number of phenolic OH excluding ortho intramolecular Hbond substituents is 1. The number of hydrogen-bond acceptors (Lipinski definition) is 13. The van der Waals surface area contributed by atoms with Crippen LogP contribution in [0.3, 0.4) is 0 Å². The van der Waals surface area contributed by atoms with E-state index >= 15 is 0 Å². The third-order valence-corrected chi connectivity index (χ3v) is 12.6. The Morgan fingerprint density at radius 2 is 1.17 bits per heavy atom. The normalized spacial score (nSPS) is 14.2. The van der Waals surface area contributed by atoms with Gasteiger partial charge < -0.3 is 59.4 Å². The van der Waals surface area contributed by atoms with E-state index in [-0.39, 0.29) is 82.7 Å². The van der Waals surface area contributed by atoms with Crippen molar-refractivity contribution in [3.05, 3.63) is 65.9 Å². The van der Waals surface area contributed by atoms with Crippen molar-refractivity contribution in [2.45, 2.75) is 141 Å². The Labute approximate surface area is 414 Å². The van der Waals surface area contributed by atoms with Gasteiger partial charge in [-0.25, -0.2) is 4.79 Å². The molecular formula is C51H75N9O11. The highest BCUT2D eigenvalue weighted by Gasteiger charge is 2.34. The third kappa shape index (κ3) is 20.8. The van der Waals surface area contributed by atoms with Crippen LogP contribution < -0.4 is 44.2 Å². The van der Waals surface area contributed by atoms with Crippen LogP contribution in [0.4, 0.5) is 0 Å². The number of ketones is 3. The second kappa shape index (κ2) is 31.0. The van der Waals surface area contributed by atoms with Crippen molar-refractivity contribution in [2.24, 2.45) is 40.7 Å². The van der Waals surface area contributed by atoms with Gasteiger partial charge in [-0.3, -0.25) is 38.4 Å². The molecule has 71 heavy (non-hydrogen) atoms. The van der Waals surface area contributed by atoms with Crippen LogP contribution in [0.25, 0.3) is 10.9 Å². The summed E-state index contributed by atoms with van der Waals surface area (Å²) in [5, 5.41) is 30.9. The van der Waals surface area contributed by atoms with Crippen LogP contribution in [0, 0.1) is 17.8 Å². The minimum atomic E-state index is -1.33. The number of carboxylic acid groups (broad SMARTS) is 1. The maximum absolute atomic E-state index is 14.7. The van der Waals surface area contributed by atoms with E-state index in [9.17, 15) is 53.4 Å². The van der Waals surface area contributed by atoms with Crippen LogP contribution in [0.5, 0.6) is 5.75 Å². The maximum Gasteiger partial charge on any atom is 0.326 e. The number of carbonyl (C=O) groups excluding carboxylic acids is 8. The van der Waals surface area contributed by atoms with Crippen LogP contribution in [0.15, 0.2) is 54.7 Å². The number of H-pyrrole nitrogens is 1. The number of aromatic hydroxyl groups is 1. The standard InChI is InChI=1S/C51H75N9O11/c1-3-31(2)14-20-47(66)58-42(29-46(55)65)45(64)28-34(25-32-15-17-36(61)18-16-32)50(69)60-41(26-35-30-56-38-11-5-4-10-37(35)38)44(63)27-33(9-6-22-52)49(68)59-39(12-7-23-53)43(62)19-21-48(67)57-40(51(70)71)13-8-24-54/h4-5,10-11,15-18,30-31,33-34,39-42,56,61H,3,6-9,12-14,19-29,52-54H2,1-2H3,(H2,55,65)(H,57,67)(H,58,66)(H,59,68)(H,60,69)(H,70,71)/t31?,33-,34-,39-,40+,41+,42+/m0/s1. The smallest absolute Gasteiger partial charge is 0.326 e. The predicted octanol–water partition coefficient (Wildman–Crippen LogP) is 2.10. The van der Waals surface area contributed by atoms with Crippen LogP contribution in [0.1, 0.15) is 115 Å². The first-order chi connectivity index (χ1) is 33.9. The molecule has 0 fully saturated rings. The van der Waals surface area contributed by atoms with E-state index < -0.39 is 108 Å². The maximum atomic E-state index is 14.7. The first-order valence-corrected chi connectivity index (χ1v) is 24.6. The number of fused-ring (bicyclic) bond motifs is 1. The highest BCUT2D eigenvalue weighted by molar-refractivity contribution is 5.98. The molecule has 15 N–H and O–H groups in total. The molecule has 20 nitrogen and oxygen atoms in total. The molecule has 0 bridgehead atoms. The summed E-state index contributed by atoms with van der Waals surface area (Å²) in [4.78, 5) is 124. The molecule has 2 aromatic carbocycles. The molecule has 1 heterocycles. The predicted molar refractivity (Wildman–Crippen MR) is 267 cm³/mol. The summed E-state index contributed by atoms with van der Waals surface area (Å²) < 4.78 is 0. The van der Waals surface area contributed by atoms with Gasteiger partial charge in [0, 0.05) is 67.5 Å². The zero-order valence-corrected chi connectivity index (χ0v) is 41.1. The summed E-state index contributed by atoms with van der Waals surface area (Å²) in [5.41, 5.74) is 24.7. The number of aromatic nitrogens is 1. The van der Waals surface area contributed by atoms with Gasteiger partial charge in [-0.05, 0) is 106 Å². The molecule has 5 amide bonds. The molecule has 0 spiro atoms. The first-order valence-electron chi connectivity index (χ1n) is 24.6. The second-order valence-electron chi connectivity index (χ2n) is 18.4. The number of nitrogens with one attached hydrogen (secondary N) is 5. The molecule has 390 valence electrons. The Hall–Kier alpha value is -6.51. The molecule has 7 atom stereocenters. The first kappa shape index (κ1) is 58.8. The van der Waals surface area contributed by atoms with Gasteiger partial charge in [0.15, 0.2) is 17.3 Å². The number of rotatable bonds is 36. The lowest BCUT2D eigenvalue weighted by Crippen LogP contribution is -2.49. The number of carboxylic acids is 1. The summed E-state index contributed by atoms with van der Waals surface area (Å²) >= 11 is 0. The van der Waals surface area contributed by atoms with Gasteiger partial charge in [0.05, 0.1) is 24.5 Å². The quantitative estimate of drug-likeness (QED) is 0.0398. The number of benzene rings is 2. The molecular weight excluding hydrogens is 915 g/mol. The van der Waals surface area contributed by atoms with Gasteiger partial charge in [0.25, 0.3) is 0 Å². The van der Waals surface area contributed by atoms with E-state index in [4.69, 9.17) is 22.9 Å². The summed E-state index contributed by atoms with van der Waals surface area (Å²) in [6, 6.07) is 8.46. The highest BCUT2D eigenvalue weighted by atomic mass is 16.4. The zero-order chi connectivity index (χ0) is 52.5. The summed E-state index contributed by atoms with van der Waals surface area (Å²) in [6.45, 7) is 4.56. The molecule has 0 aliphatic carbocycles. The third-order valence-electron chi connectivity index (χ3n) is 12.6. The number of amides is 5. The fourth-order valence-corrected chi connectivity index (χ4v) is 8.17. The minimum Gasteiger partial charge on any atom is -0.508 e. The number of primary amides is 1. The van der Waals surface area contributed by atoms with Crippen molar-refractivity contribution in [1.82, 2.24) is 26.3 Å². The van der Waals surface area contributed by atoms with Crippen molar-refractivity contribution >= 4 is 63.8 Å². The van der Waals surface area contributed by atoms with E-state index in [1.807, 2.05) is 38.1 Å². The zero-order valence-electron chi connectivity index (χ0n) is 41.1. The number of nitrogens with two attached hydrogens (primary N) is 4. The average molecular weight is 990 g/mol. The van der Waals surface area contributed by atoms with E-state index in [0.717, 1.165) is 17.3 Å². The van der Waals surface area contributed by atoms with Gasteiger partial charge in [-0.15, -0.1) is 0 Å². The number of hydrogen-bond donors (Lipinski definition) is 11. The van der Waals surface area contributed by atoms with Gasteiger partial charge in [0.1, 0.15) is 11.8 Å². The number of phenols is 1. The Morgan fingerprint density at radius 1 is 0.606 bits per heavy atom. The molecule has 0 aliphatic rings. The van der Waals surface area contributed by atoms with E-state index in [1.165, 1.54) is 12.1 Å². The molecule has 3 rings (SSSR count). The second-order valence-corrected chi connectivity index (χ2v) is 18.4. The highest BCUT2D eigenvalue weighted by Crippen LogP contribution is 2.24. The Bertz CT molecular complexity index is 2250. The fraction of sp³-hybridized carbons (Fsp3) is 0.549. The van der Waals surface area contributed by atoms with E-state index in [1.54, 1.807) is 18.3 Å². The lowest BCUT2D eigenvalue weighted by molar-refractivity contribution is -0.142. The molecule has 0 saturated carbocycles. The molecule has 0 saturated heterocycles. The molecule has 1 unspecified atom stereocenters. The van der Waals surface area contributed by atoms with Crippen LogP contribution >= 0.6 is 0 Å². The fourth-order valence-electron chi connectivity index (χ4n) is 8.17. The Kier molecular flexibility index (Phi) is 25.6. The Morgan fingerprint density at radius 3 is 1.80 bits per heavy atom. The van der Waals surface area contributed by atoms with E-state index in [0.29, 0.717) is 36.8 Å². The SMILES string of the molecule is CCC(C)CCC(=O)N[C@H](CC(N)=O)C(=O)C[C@H](Cc1ccc(O)cc1)C(=O)N[C@H](Cc1c[nH]c2ccccc12)C(=O)C[C@H](CCCN)C(=O)N[C@@H](CCCN)C(=O)CCC(=O)N[C@H](CCCN)C(=O)O. The van der Waals surface area contributed by atoms with Crippen molar-refractivity contribution in [2.75, 3.05) is 19.6 Å². The molecule has 0 aliphatic heterocycles. The number of Topliss-reactive ketones (excluding diaryl/α,β-unsaturated/α-hetero) is 3. The van der Waals surface area contributed by atoms with Crippen molar-refractivity contribution < 1.29 is 53.4 Å². The molecule has 3 aromatic rings. The number of para-hydroxylation sites is 1. The lowest BCUT2D eigenvalue weighted by Gasteiger charge is -2.26. The van der Waals surface area contributed by atoms with Crippen molar-refractivity contribution in [3.8, 4) is 5.75 Å². The number of carbonyl (C=O) groups is 9. The molecule has 0 radical (unpaired) electrons. The van der Waals surface area contributed by atoms with Gasteiger partial charge >= 0.3 is 5.97 Å². The van der Waals surface area contributed by atoms with Gasteiger partial charge in [0.2, 0.25) is 29.5 Å². The van der Waals surface area contributed by atoms with E-state index in [2.05, 4.69) is 26.3 Å². The summed E-state index contributed by atoms with van der Waals surface area (Å²) in [5.74, 6) is -8.21. The molecule has 1 aromatic heterocycles. The summed E-state index contributed by atoms with van der Waals surface area (Å²) in [6.07, 6.45) is 2.43. The topological polar surface area (TPSA) is 362 Å². The average Bonchev–Trinajstić information content (AvgIpc) is 3.75. The Balaban J connectivity index is 1.95. The lowest BCUT2D eigenvalue weighted by atomic mass is 9.88. The van der Waals surface area contributed by atoms with Crippen LogP contribution in [0.2, 0.25) is 0 Å². The minimum absolute atomic E-state index is 0.0343. The monoisotopic (exact) mass is 990 g/mol. The van der Waals surface area contributed by atoms with Crippen LogP contribution in [-0.2, 0) is 56.0 Å². The van der Waals surface area contributed by atoms with Crippen LogP contribution in [-0.4, -0.2) is 112 Å². The largest absolute Gasteiger partial charge is 0.508 e.